The van der Waals surface area contributed by atoms with Gasteiger partial charge in [0.1, 0.15) is 0 Å². The molecule has 1 nitrogen and oxygen atoms in total. The fourth-order valence-corrected chi connectivity index (χ4v) is 6.49. The zero-order valence-electron chi connectivity index (χ0n) is 24.8. The first-order valence-corrected chi connectivity index (χ1v) is 15.4. The Morgan fingerprint density at radius 1 is 0.289 bits per heavy atom. The Morgan fingerprint density at radius 3 is 1.71 bits per heavy atom. The van der Waals surface area contributed by atoms with Crippen LogP contribution < -0.4 is 5.32 Å². The van der Waals surface area contributed by atoms with E-state index in [1.165, 1.54) is 66.1 Å². The molecule has 0 saturated carbocycles. The summed E-state index contributed by atoms with van der Waals surface area (Å²) in [4.78, 5) is 0. The number of benzene rings is 8. The molecule has 0 saturated heterocycles. The molecule has 0 aromatic heterocycles. The van der Waals surface area contributed by atoms with Crippen molar-refractivity contribution in [1.82, 2.24) is 0 Å². The summed E-state index contributed by atoms with van der Waals surface area (Å²) in [5, 5.41) is 8.86. The molecule has 1 N–H and O–H groups in total. The maximum absolute atomic E-state index is 3.77. The predicted molar refractivity (Wildman–Crippen MR) is 193 cm³/mol. The van der Waals surface area contributed by atoms with Gasteiger partial charge in [-0.05, 0) is 90.8 Å². The molecule has 0 bridgehead atoms. The molecule has 8 aromatic carbocycles. The lowest BCUT2D eigenvalue weighted by Gasteiger charge is -2.17. The van der Waals surface area contributed by atoms with Crippen molar-refractivity contribution in [1.29, 1.82) is 0 Å². The first-order valence-electron chi connectivity index (χ1n) is 15.4. The fourth-order valence-electron chi connectivity index (χ4n) is 6.49. The third-order valence-electron chi connectivity index (χ3n) is 8.65. The normalized spacial score (nSPS) is 11.1. The van der Waals surface area contributed by atoms with Crippen LogP contribution in [-0.2, 0) is 0 Å². The fraction of sp³-hybridized carbons (Fsp3) is 0. The van der Waals surface area contributed by atoms with Crippen molar-refractivity contribution in [3.05, 3.63) is 182 Å². The van der Waals surface area contributed by atoms with Crippen molar-refractivity contribution >= 4 is 32.9 Å². The Kier molecular flexibility index (Phi) is 6.90. The maximum atomic E-state index is 3.77. The second-order valence-electron chi connectivity index (χ2n) is 11.4. The Labute approximate surface area is 264 Å². The summed E-state index contributed by atoms with van der Waals surface area (Å²) in [6.45, 7) is 0. The van der Waals surface area contributed by atoms with Crippen LogP contribution in [0.15, 0.2) is 182 Å². The van der Waals surface area contributed by atoms with Gasteiger partial charge in [-0.3, -0.25) is 0 Å². The van der Waals surface area contributed by atoms with Gasteiger partial charge in [0.05, 0.1) is 0 Å². The average molecular weight is 574 g/mol. The highest BCUT2D eigenvalue weighted by atomic mass is 14.9. The molecule has 8 aromatic rings. The summed E-state index contributed by atoms with van der Waals surface area (Å²) >= 11 is 0. The Balaban J connectivity index is 1.22. The van der Waals surface area contributed by atoms with Gasteiger partial charge in [0, 0.05) is 16.9 Å². The van der Waals surface area contributed by atoms with Crippen LogP contribution in [0.25, 0.3) is 66.1 Å². The van der Waals surface area contributed by atoms with Gasteiger partial charge in [-0.25, -0.2) is 0 Å². The highest BCUT2D eigenvalue weighted by Gasteiger charge is 2.14. The lowest BCUT2D eigenvalue weighted by molar-refractivity contribution is 1.52. The molecule has 0 aliphatic heterocycles. The van der Waals surface area contributed by atoms with E-state index in [9.17, 15) is 0 Å². The van der Waals surface area contributed by atoms with E-state index in [0.29, 0.717) is 0 Å². The quantitative estimate of drug-likeness (QED) is 0.195. The minimum absolute atomic E-state index is 1.05. The lowest BCUT2D eigenvalue weighted by Crippen LogP contribution is -1.95. The van der Waals surface area contributed by atoms with Crippen molar-refractivity contribution in [2.24, 2.45) is 0 Å². The molecule has 0 amide bonds. The van der Waals surface area contributed by atoms with E-state index in [2.05, 4.69) is 187 Å². The molecule has 0 radical (unpaired) electrons. The maximum Gasteiger partial charge on any atom is 0.0464 e. The molecule has 8 rings (SSSR count). The van der Waals surface area contributed by atoms with E-state index in [1.807, 2.05) is 0 Å². The number of hydrogen-bond donors (Lipinski definition) is 1. The largest absolute Gasteiger partial charge is 0.355 e. The smallest absolute Gasteiger partial charge is 0.0464 e. The molecule has 0 aliphatic carbocycles. The average Bonchev–Trinajstić information content (AvgIpc) is 3.12. The van der Waals surface area contributed by atoms with Crippen LogP contribution in [0.4, 0.5) is 11.4 Å². The molecule has 1 heteroatoms. The van der Waals surface area contributed by atoms with E-state index < -0.39 is 0 Å². The van der Waals surface area contributed by atoms with Gasteiger partial charge in [-0.1, -0.05) is 152 Å². The Bertz CT molecular complexity index is 2280. The molecule has 0 aliphatic rings. The van der Waals surface area contributed by atoms with Gasteiger partial charge in [0.15, 0.2) is 0 Å². The summed E-state index contributed by atoms with van der Waals surface area (Å²) < 4.78 is 0. The van der Waals surface area contributed by atoms with Gasteiger partial charge >= 0.3 is 0 Å². The Hall–Kier alpha value is -5.92. The number of rotatable bonds is 6. The SMILES string of the molecule is c1ccc(-c2ccc(Nc3cccc(-c4ccccc4-c4cc5ccccc5c5ccccc45)c3)c(-c3ccccc3)c2)cc1. The van der Waals surface area contributed by atoms with Gasteiger partial charge in [-0.15, -0.1) is 0 Å². The van der Waals surface area contributed by atoms with Crippen LogP contribution in [0.1, 0.15) is 0 Å². The molecular weight excluding hydrogens is 542 g/mol. The van der Waals surface area contributed by atoms with Crippen LogP contribution in [0.2, 0.25) is 0 Å². The van der Waals surface area contributed by atoms with Crippen LogP contribution in [0.3, 0.4) is 0 Å². The second-order valence-corrected chi connectivity index (χ2v) is 11.4. The molecule has 45 heavy (non-hydrogen) atoms. The molecule has 0 unspecified atom stereocenters. The van der Waals surface area contributed by atoms with Crippen LogP contribution in [-0.4, -0.2) is 0 Å². The first-order chi connectivity index (χ1) is 22.3. The Morgan fingerprint density at radius 2 is 0.911 bits per heavy atom. The molecule has 0 spiro atoms. The lowest BCUT2D eigenvalue weighted by atomic mass is 9.89. The zero-order chi connectivity index (χ0) is 30.0. The standard InChI is InChI=1S/C44H31N/c1-3-14-31(15-4-1)33-26-27-44(42(29-33)32-16-5-2-6-17-32)45-36-20-13-19-34(28-36)37-22-9-10-24-40(37)43-30-35-18-7-8-21-38(35)39-23-11-12-25-41(39)43/h1-30,45H. The van der Waals surface area contributed by atoms with Crippen LogP contribution >= 0.6 is 0 Å². The molecule has 0 heterocycles. The van der Waals surface area contributed by atoms with E-state index in [0.717, 1.165) is 11.4 Å². The summed E-state index contributed by atoms with van der Waals surface area (Å²) in [6.07, 6.45) is 0. The second kappa shape index (κ2) is 11.6. The van der Waals surface area contributed by atoms with Crippen molar-refractivity contribution in [2.45, 2.75) is 0 Å². The van der Waals surface area contributed by atoms with E-state index in [1.54, 1.807) is 0 Å². The number of nitrogens with one attached hydrogen (secondary N) is 1. The summed E-state index contributed by atoms with van der Waals surface area (Å²) in [6, 6.07) is 65.2. The predicted octanol–water partition coefficient (Wildman–Crippen LogP) is 12.4. The van der Waals surface area contributed by atoms with Crippen molar-refractivity contribution in [3.8, 4) is 44.5 Å². The minimum atomic E-state index is 1.05. The monoisotopic (exact) mass is 573 g/mol. The molecule has 212 valence electrons. The third kappa shape index (κ3) is 5.15. The number of fused-ring (bicyclic) bond motifs is 3. The summed E-state index contributed by atoms with van der Waals surface area (Å²) in [5.74, 6) is 0. The summed E-state index contributed by atoms with van der Waals surface area (Å²) in [7, 11) is 0. The van der Waals surface area contributed by atoms with Crippen molar-refractivity contribution in [2.75, 3.05) is 5.32 Å². The molecule has 0 fully saturated rings. The van der Waals surface area contributed by atoms with Gasteiger partial charge in [0.25, 0.3) is 0 Å². The summed E-state index contributed by atoms with van der Waals surface area (Å²) in [5.41, 5.74) is 11.8. The van der Waals surface area contributed by atoms with Gasteiger partial charge < -0.3 is 5.32 Å². The molecule has 0 atom stereocenters. The topological polar surface area (TPSA) is 12.0 Å². The highest BCUT2D eigenvalue weighted by Crippen LogP contribution is 2.41. The number of hydrogen-bond acceptors (Lipinski definition) is 1. The highest BCUT2D eigenvalue weighted by molar-refractivity contribution is 6.14. The van der Waals surface area contributed by atoms with Gasteiger partial charge in [0.2, 0.25) is 0 Å². The van der Waals surface area contributed by atoms with Crippen LogP contribution in [0, 0.1) is 0 Å². The third-order valence-corrected chi connectivity index (χ3v) is 8.65. The molecular formula is C44H31N. The van der Waals surface area contributed by atoms with Crippen molar-refractivity contribution in [3.63, 3.8) is 0 Å². The van der Waals surface area contributed by atoms with E-state index >= 15 is 0 Å². The minimum Gasteiger partial charge on any atom is -0.355 e. The zero-order valence-corrected chi connectivity index (χ0v) is 24.8. The van der Waals surface area contributed by atoms with Crippen LogP contribution in [0.5, 0.6) is 0 Å². The van der Waals surface area contributed by atoms with Gasteiger partial charge in [-0.2, -0.15) is 0 Å². The number of anilines is 2. The van der Waals surface area contributed by atoms with E-state index in [4.69, 9.17) is 0 Å². The first kappa shape index (κ1) is 26.7. The van der Waals surface area contributed by atoms with Crippen molar-refractivity contribution < 1.29 is 0 Å². The van der Waals surface area contributed by atoms with E-state index in [-0.39, 0.29) is 0 Å².